The second kappa shape index (κ2) is 9.07. The van der Waals surface area contributed by atoms with Crippen molar-refractivity contribution in [2.24, 2.45) is 0 Å². The highest BCUT2D eigenvalue weighted by atomic mass is 19.1. The van der Waals surface area contributed by atoms with Crippen molar-refractivity contribution in [2.45, 2.75) is 6.42 Å². The molecule has 0 spiro atoms. The Kier molecular flexibility index (Phi) is 6.31. The van der Waals surface area contributed by atoms with E-state index in [1.807, 2.05) is 12.1 Å². The van der Waals surface area contributed by atoms with Crippen LogP contribution >= 0.6 is 0 Å². The third-order valence-corrected chi connectivity index (χ3v) is 4.55. The van der Waals surface area contributed by atoms with Gasteiger partial charge in [0, 0.05) is 43.6 Å². The topological polar surface area (TPSA) is 82.6 Å². The number of rotatable bonds is 5. The van der Waals surface area contributed by atoms with E-state index in [9.17, 15) is 18.8 Å². The van der Waals surface area contributed by atoms with E-state index in [4.69, 9.17) is 0 Å². The van der Waals surface area contributed by atoms with E-state index in [0.717, 1.165) is 5.69 Å². The Morgan fingerprint density at radius 3 is 2.18 bits per heavy atom. The number of aromatic nitrogens is 1. The molecule has 0 aliphatic carbocycles. The number of hydrogen-bond acceptors (Lipinski definition) is 4. The van der Waals surface area contributed by atoms with E-state index in [1.165, 1.54) is 24.3 Å². The Morgan fingerprint density at radius 1 is 0.929 bits per heavy atom. The van der Waals surface area contributed by atoms with Crippen LogP contribution in [0.15, 0.2) is 48.7 Å². The molecule has 0 saturated carbocycles. The lowest BCUT2D eigenvalue weighted by Gasteiger charge is -2.34. The summed E-state index contributed by atoms with van der Waals surface area (Å²) >= 11 is 0. The molecule has 1 aliphatic heterocycles. The first kappa shape index (κ1) is 19.5. The van der Waals surface area contributed by atoms with Crippen molar-refractivity contribution in [1.29, 1.82) is 0 Å². The number of carbonyl (C=O) groups excluding carboxylic acids is 3. The summed E-state index contributed by atoms with van der Waals surface area (Å²) in [6, 6.07) is 10.6. The molecule has 28 heavy (non-hydrogen) atoms. The van der Waals surface area contributed by atoms with Crippen LogP contribution in [0.25, 0.3) is 0 Å². The molecule has 1 N–H and O–H groups in total. The van der Waals surface area contributed by atoms with Crippen LogP contribution in [-0.2, 0) is 16.0 Å². The van der Waals surface area contributed by atoms with E-state index in [0.29, 0.717) is 31.7 Å². The molecule has 1 aliphatic rings. The number of hydrogen-bond donors (Lipinski definition) is 1. The van der Waals surface area contributed by atoms with Crippen molar-refractivity contribution >= 4 is 17.7 Å². The lowest BCUT2D eigenvalue weighted by atomic mass is 10.2. The SMILES string of the molecule is O=C(NCC(=O)N1CCN(C(=O)Cc2ccccn2)CC1)c1ccc(F)cc1. The summed E-state index contributed by atoms with van der Waals surface area (Å²) in [5.41, 5.74) is 1.01. The van der Waals surface area contributed by atoms with Gasteiger partial charge in [0.1, 0.15) is 5.82 Å². The first-order valence-corrected chi connectivity index (χ1v) is 9.02. The van der Waals surface area contributed by atoms with Gasteiger partial charge in [0.2, 0.25) is 11.8 Å². The molecule has 0 radical (unpaired) electrons. The molecule has 3 amide bonds. The normalized spacial score (nSPS) is 13.9. The number of amides is 3. The van der Waals surface area contributed by atoms with Gasteiger partial charge in [0.15, 0.2) is 0 Å². The van der Waals surface area contributed by atoms with Crippen molar-refractivity contribution in [3.63, 3.8) is 0 Å². The second-order valence-electron chi connectivity index (χ2n) is 6.45. The predicted octanol–water partition coefficient (Wildman–Crippen LogP) is 0.864. The van der Waals surface area contributed by atoms with Crippen LogP contribution in [0.2, 0.25) is 0 Å². The zero-order valence-electron chi connectivity index (χ0n) is 15.3. The van der Waals surface area contributed by atoms with Crippen LogP contribution in [-0.4, -0.2) is 65.2 Å². The van der Waals surface area contributed by atoms with Crippen molar-refractivity contribution in [2.75, 3.05) is 32.7 Å². The second-order valence-corrected chi connectivity index (χ2v) is 6.45. The number of nitrogens with one attached hydrogen (secondary N) is 1. The van der Waals surface area contributed by atoms with Gasteiger partial charge in [0.25, 0.3) is 5.91 Å². The molecule has 1 aromatic heterocycles. The molecule has 1 fully saturated rings. The van der Waals surface area contributed by atoms with Crippen molar-refractivity contribution in [1.82, 2.24) is 20.1 Å². The molecule has 2 aromatic rings. The molecule has 0 bridgehead atoms. The number of carbonyl (C=O) groups is 3. The fourth-order valence-corrected chi connectivity index (χ4v) is 2.95. The van der Waals surface area contributed by atoms with Crippen LogP contribution in [0.1, 0.15) is 16.1 Å². The van der Waals surface area contributed by atoms with Crippen LogP contribution in [0.3, 0.4) is 0 Å². The van der Waals surface area contributed by atoms with Crippen molar-refractivity contribution < 1.29 is 18.8 Å². The number of piperazine rings is 1. The van der Waals surface area contributed by atoms with E-state index in [1.54, 1.807) is 22.1 Å². The van der Waals surface area contributed by atoms with Crippen LogP contribution in [0.5, 0.6) is 0 Å². The lowest BCUT2D eigenvalue weighted by molar-refractivity contribution is -0.138. The van der Waals surface area contributed by atoms with E-state index in [2.05, 4.69) is 10.3 Å². The summed E-state index contributed by atoms with van der Waals surface area (Å²) in [6.45, 7) is 1.59. The van der Waals surface area contributed by atoms with Gasteiger partial charge >= 0.3 is 0 Å². The quantitative estimate of drug-likeness (QED) is 0.829. The number of benzene rings is 1. The van der Waals surface area contributed by atoms with Crippen molar-refractivity contribution in [3.05, 3.63) is 65.7 Å². The summed E-state index contributed by atoms with van der Waals surface area (Å²) in [5.74, 6) is -1.09. The molecule has 146 valence electrons. The minimum absolute atomic E-state index is 0.0181. The summed E-state index contributed by atoms with van der Waals surface area (Å²) in [6.07, 6.45) is 1.89. The zero-order chi connectivity index (χ0) is 19.9. The highest BCUT2D eigenvalue weighted by Gasteiger charge is 2.24. The van der Waals surface area contributed by atoms with Gasteiger partial charge in [-0.2, -0.15) is 0 Å². The Morgan fingerprint density at radius 2 is 1.57 bits per heavy atom. The molecule has 1 saturated heterocycles. The number of nitrogens with zero attached hydrogens (tertiary/aromatic N) is 3. The maximum atomic E-state index is 12.9. The molecule has 0 unspecified atom stereocenters. The van der Waals surface area contributed by atoms with Crippen molar-refractivity contribution in [3.8, 4) is 0 Å². The minimum atomic E-state index is -0.433. The number of pyridine rings is 1. The molecule has 0 atom stereocenters. The first-order chi connectivity index (χ1) is 13.5. The minimum Gasteiger partial charge on any atom is -0.343 e. The average Bonchev–Trinajstić information content (AvgIpc) is 2.73. The van der Waals surface area contributed by atoms with Crippen LogP contribution in [0.4, 0.5) is 4.39 Å². The Bertz CT molecular complexity index is 834. The lowest BCUT2D eigenvalue weighted by Crippen LogP contribution is -2.52. The summed E-state index contributed by atoms with van der Waals surface area (Å²) in [5, 5.41) is 2.54. The Hall–Kier alpha value is -3.29. The van der Waals surface area contributed by atoms with E-state index >= 15 is 0 Å². The Labute approximate surface area is 162 Å². The van der Waals surface area contributed by atoms with Gasteiger partial charge in [-0.05, 0) is 36.4 Å². The van der Waals surface area contributed by atoms with Crippen LogP contribution < -0.4 is 5.32 Å². The summed E-state index contributed by atoms with van der Waals surface area (Å²) < 4.78 is 12.9. The fraction of sp³-hybridized carbons (Fsp3) is 0.300. The highest BCUT2D eigenvalue weighted by Crippen LogP contribution is 2.06. The third-order valence-electron chi connectivity index (χ3n) is 4.55. The van der Waals surface area contributed by atoms with E-state index < -0.39 is 11.7 Å². The molecule has 1 aromatic carbocycles. The predicted molar refractivity (Wildman–Crippen MR) is 99.8 cm³/mol. The molecule has 2 heterocycles. The Balaban J connectivity index is 1.42. The maximum absolute atomic E-state index is 12.9. The first-order valence-electron chi connectivity index (χ1n) is 9.02. The van der Waals surface area contributed by atoms with Crippen LogP contribution in [0, 0.1) is 5.82 Å². The largest absolute Gasteiger partial charge is 0.343 e. The van der Waals surface area contributed by atoms with Gasteiger partial charge < -0.3 is 15.1 Å². The monoisotopic (exact) mass is 384 g/mol. The third kappa shape index (κ3) is 5.12. The van der Waals surface area contributed by atoms with Gasteiger partial charge in [-0.1, -0.05) is 6.07 Å². The van der Waals surface area contributed by atoms with Gasteiger partial charge in [-0.3, -0.25) is 19.4 Å². The zero-order valence-corrected chi connectivity index (χ0v) is 15.3. The van der Waals surface area contributed by atoms with Gasteiger partial charge in [0.05, 0.1) is 13.0 Å². The summed E-state index contributed by atoms with van der Waals surface area (Å²) in [4.78, 5) is 44.1. The van der Waals surface area contributed by atoms with Gasteiger partial charge in [-0.25, -0.2) is 4.39 Å². The molecule has 3 rings (SSSR count). The molecular formula is C20H21FN4O3. The summed E-state index contributed by atoms with van der Waals surface area (Å²) in [7, 11) is 0. The maximum Gasteiger partial charge on any atom is 0.251 e. The standard InChI is InChI=1S/C20H21FN4O3/c21-16-6-4-15(5-7-16)20(28)23-14-19(27)25-11-9-24(10-12-25)18(26)13-17-3-1-2-8-22-17/h1-8H,9-14H2,(H,23,28). The number of halogens is 1. The van der Waals surface area contributed by atoms with Gasteiger partial charge in [-0.15, -0.1) is 0 Å². The molecular weight excluding hydrogens is 363 g/mol. The van der Waals surface area contributed by atoms with E-state index in [-0.39, 0.29) is 24.8 Å². The molecule has 8 heteroatoms. The fourth-order valence-electron chi connectivity index (χ4n) is 2.95. The smallest absolute Gasteiger partial charge is 0.251 e. The average molecular weight is 384 g/mol. The highest BCUT2D eigenvalue weighted by molar-refractivity contribution is 5.96. The molecule has 7 nitrogen and oxygen atoms in total.